The number of hydrogen-bond acceptors (Lipinski definition) is 8. The maximum Gasteiger partial charge on any atom is 1.00 e. The number of benzene rings is 1. The Hall–Kier alpha value is -1.65. The van der Waals surface area contributed by atoms with Crippen LogP contribution in [0.2, 0.25) is 0 Å². The molecule has 0 spiro atoms. The Balaban J connectivity index is 0.00000312. The van der Waals surface area contributed by atoms with E-state index >= 15 is 0 Å². The topological polar surface area (TPSA) is 118 Å². The number of nitrogens with zero attached hydrogens (tertiary/aromatic N) is 2. The van der Waals surface area contributed by atoms with Gasteiger partial charge in [-0.15, -0.1) is 4.91 Å². The van der Waals surface area contributed by atoms with Crippen molar-refractivity contribution in [1.29, 1.82) is 0 Å². The molecule has 2 aromatic rings. The van der Waals surface area contributed by atoms with Gasteiger partial charge in [-0.2, -0.15) is 0 Å². The molecule has 0 atom stereocenters. The first-order valence-electron chi connectivity index (χ1n) is 6.75. The summed E-state index contributed by atoms with van der Waals surface area (Å²) in [5.41, 5.74) is -0.799. The molecular formula is C16H13KN2O6. The number of hydrogen-bond donors (Lipinski definition) is 0. The van der Waals surface area contributed by atoms with Crippen molar-refractivity contribution in [1.82, 2.24) is 4.98 Å². The van der Waals surface area contributed by atoms with Gasteiger partial charge in [0.2, 0.25) is 0 Å². The van der Waals surface area contributed by atoms with Crippen molar-refractivity contribution < 1.29 is 75.6 Å². The van der Waals surface area contributed by atoms with Gasteiger partial charge in [0, 0.05) is 23.5 Å². The number of aromatic nitrogens is 1. The normalized spacial score (nSPS) is 9.72. The third-order valence-corrected chi connectivity index (χ3v) is 3.49. The summed E-state index contributed by atoms with van der Waals surface area (Å²) in [6.45, 7) is 1.38. The molecule has 0 aliphatic heterocycles. The first-order chi connectivity index (χ1) is 11.5. The van der Waals surface area contributed by atoms with Crippen molar-refractivity contribution in [2.24, 2.45) is 5.18 Å². The summed E-state index contributed by atoms with van der Waals surface area (Å²) in [7, 11) is 2.17. The fraction of sp³-hybridized carbons (Fsp3) is 0.188. The van der Waals surface area contributed by atoms with Gasteiger partial charge in [0.1, 0.15) is 5.69 Å². The minimum absolute atomic E-state index is 0. The molecule has 0 unspecified atom stereocenters. The van der Waals surface area contributed by atoms with Crippen LogP contribution in [0.4, 0.5) is 5.69 Å². The van der Waals surface area contributed by atoms with Crippen LogP contribution in [0.3, 0.4) is 0 Å². The molecule has 0 radical (unpaired) electrons. The van der Waals surface area contributed by atoms with Crippen molar-refractivity contribution in [3.8, 4) is 16.9 Å². The standard InChI is InChI=1S/C16H14N2O6.K/c1-8-10(15(20)23-2)14(19)12(16(21)24-3)11(13(8)18-22)9-5-4-6-17-7-9;/h4-7,19H,1-3H3;/q;+1/p-1. The van der Waals surface area contributed by atoms with Gasteiger partial charge in [0.05, 0.1) is 25.3 Å². The molecule has 1 aromatic heterocycles. The zero-order valence-corrected chi connectivity index (χ0v) is 17.3. The zero-order valence-electron chi connectivity index (χ0n) is 14.2. The van der Waals surface area contributed by atoms with Crippen molar-refractivity contribution in [2.45, 2.75) is 6.92 Å². The Labute approximate surface area is 185 Å². The van der Waals surface area contributed by atoms with Gasteiger partial charge >= 0.3 is 63.3 Å². The van der Waals surface area contributed by atoms with Gasteiger partial charge in [-0.25, -0.2) is 9.59 Å². The number of esters is 2. The summed E-state index contributed by atoms with van der Waals surface area (Å²) >= 11 is 0. The number of pyridine rings is 1. The Bertz CT molecular complexity index is 823. The number of methoxy groups -OCH3 is 2. The molecule has 1 aromatic carbocycles. The molecule has 9 heteroatoms. The van der Waals surface area contributed by atoms with E-state index in [0.29, 0.717) is 5.56 Å². The van der Waals surface area contributed by atoms with Gasteiger partial charge in [0.15, 0.2) is 0 Å². The second-order valence-corrected chi connectivity index (χ2v) is 4.74. The van der Waals surface area contributed by atoms with E-state index in [1.54, 1.807) is 12.1 Å². The molecule has 0 N–H and O–H groups in total. The van der Waals surface area contributed by atoms with E-state index in [9.17, 15) is 19.6 Å². The largest absolute Gasteiger partial charge is 1.00 e. The quantitative estimate of drug-likeness (QED) is 0.390. The summed E-state index contributed by atoms with van der Waals surface area (Å²) < 4.78 is 9.20. The second kappa shape index (κ2) is 9.16. The van der Waals surface area contributed by atoms with Gasteiger partial charge < -0.3 is 14.6 Å². The predicted octanol–water partition coefficient (Wildman–Crippen LogP) is -0.894. The predicted molar refractivity (Wildman–Crippen MR) is 82.0 cm³/mol. The molecule has 0 bridgehead atoms. The summed E-state index contributed by atoms with van der Waals surface area (Å²) in [6.07, 6.45) is 2.86. The SMILES string of the molecule is COC(=O)c1c(C)c(N=O)c(-c2cccnc2)c(C(=O)OC)c1[O-].[K+]. The van der Waals surface area contributed by atoms with Crippen LogP contribution in [-0.4, -0.2) is 31.1 Å². The van der Waals surface area contributed by atoms with Crippen LogP contribution < -0.4 is 56.5 Å². The number of carbonyl (C=O) groups excluding carboxylic acids is 2. The fourth-order valence-electron chi connectivity index (χ4n) is 2.38. The molecule has 0 saturated heterocycles. The van der Waals surface area contributed by atoms with Crippen LogP contribution in [0.5, 0.6) is 5.75 Å². The van der Waals surface area contributed by atoms with Gasteiger partial charge in [0.25, 0.3) is 0 Å². The third-order valence-electron chi connectivity index (χ3n) is 3.49. The van der Waals surface area contributed by atoms with E-state index in [4.69, 9.17) is 0 Å². The van der Waals surface area contributed by atoms with E-state index in [-0.39, 0.29) is 68.2 Å². The van der Waals surface area contributed by atoms with Crippen molar-refractivity contribution in [3.63, 3.8) is 0 Å². The van der Waals surface area contributed by atoms with Crippen LogP contribution >= 0.6 is 0 Å². The number of rotatable bonds is 4. The molecule has 0 fully saturated rings. The summed E-state index contributed by atoms with van der Waals surface area (Å²) in [6, 6.07) is 3.12. The van der Waals surface area contributed by atoms with Crippen LogP contribution in [0, 0.1) is 11.8 Å². The maximum absolute atomic E-state index is 12.7. The van der Waals surface area contributed by atoms with E-state index in [1.807, 2.05) is 0 Å². The van der Waals surface area contributed by atoms with Crippen molar-refractivity contribution >= 4 is 17.6 Å². The van der Waals surface area contributed by atoms with Gasteiger partial charge in [-0.05, 0) is 23.7 Å². The molecule has 1 heterocycles. The average Bonchev–Trinajstić information content (AvgIpc) is 2.61. The van der Waals surface area contributed by atoms with E-state index in [0.717, 1.165) is 14.2 Å². The van der Waals surface area contributed by atoms with Crippen LogP contribution in [0.25, 0.3) is 11.1 Å². The van der Waals surface area contributed by atoms with E-state index in [1.165, 1.54) is 19.3 Å². The molecule has 2 rings (SSSR count). The number of ether oxygens (including phenoxy) is 2. The molecule has 0 aliphatic carbocycles. The molecular weight excluding hydrogens is 355 g/mol. The Morgan fingerprint density at radius 3 is 2.24 bits per heavy atom. The molecule has 0 aliphatic rings. The Morgan fingerprint density at radius 2 is 1.76 bits per heavy atom. The molecule has 8 nitrogen and oxygen atoms in total. The number of nitroso groups, excluding NO2 is 1. The van der Waals surface area contributed by atoms with Crippen molar-refractivity contribution in [3.05, 3.63) is 46.1 Å². The average molecular weight is 368 g/mol. The van der Waals surface area contributed by atoms with Crippen molar-refractivity contribution in [2.75, 3.05) is 14.2 Å². The summed E-state index contributed by atoms with van der Waals surface area (Å²) in [5.74, 6) is -2.85. The van der Waals surface area contributed by atoms with E-state index < -0.39 is 28.8 Å². The smallest absolute Gasteiger partial charge is 0.871 e. The number of carbonyl (C=O) groups is 2. The Kier molecular flexibility index (Phi) is 7.83. The van der Waals surface area contributed by atoms with Crippen LogP contribution in [0.1, 0.15) is 26.3 Å². The molecule has 25 heavy (non-hydrogen) atoms. The summed E-state index contributed by atoms with van der Waals surface area (Å²) in [4.78, 5) is 39.3. The molecule has 0 saturated carbocycles. The van der Waals surface area contributed by atoms with Crippen LogP contribution in [-0.2, 0) is 9.47 Å². The maximum atomic E-state index is 12.7. The molecule has 124 valence electrons. The third kappa shape index (κ3) is 3.96. The monoisotopic (exact) mass is 368 g/mol. The minimum Gasteiger partial charge on any atom is -0.871 e. The van der Waals surface area contributed by atoms with Gasteiger partial charge in [-0.3, -0.25) is 4.98 Å². The first kappa shape index (κ1) is 21.4. The fourth-order valence-corrected chi connectivity index (χ4v) is 2.38. The van der Waals surface area contributed by atoms with E-state index in [2.05, 4.69) is 19.6 Å². The minimum atomic E-state index is -0.992. The van der Waals surface area contributed by atoms with Crippen LogP contribution in [0.15, 0.2) is 29.7 Å². The van der Waals surface area contributed by atoms with Gasteiger partial charge in [-0.1, -0.05) is 11.8 Å². The second-order valence-electron chi connectivity index (χ2n) is 4.74. The summed E-state index contributed by atoms with van der Waals surface area (Å²) in [5, 5.41) is 15.6. The molecule has 0 amide bonds. The zero-order chi connectivity index (χ0) is 17.9. The first-order valence-corrected chi connectivity index (χ1v) is 6.75. The Morgan fingerprint density at radius 1 is 1.16 bits per heavy atom.